The number of carbonyl (C=O) groups excluding carboxylic acids is 1. The fourth-order valence-electron chi connectivity index (χ4n) is 2.45. The third-order valence-electron chi connectivity index (χ3n) is 3.89. The quantitative estimate of drug-likeness (QED) is 0.271. The summed E-state index contributed by atoms with van der Waals surface area (Å²) in [7, 11) is 0. The summed E-state index contributed by atoms with van der Waals surface area (Å²) in [5, 5.41) is 36.7. The average molecular weight is 415 g/mol. The number of hydrogen-bond acceptors (Lipinski definition) is 9. The van der Waals surface area contributed by atoms with Crippen LogP contribution in [0.15, 0.2) is 53.3 Å². The van der Waals surface area contributed by atoms with Crippen molar-refractivity contribution >= 4 is 11.6 Å². The molecule has 0 saturated carbocycles. The van der Waals surface area contributed by atoms with Gasteiger partial charge in [-0.05, 0) is 12.1 Å². The Morgan fingerprint density at radius 1 is 1.20 bits per heavy atom. The van der Waals surface area contributed by atoms with E-state index in [0.717, 1.165) is 6.07 Å². The molecule has 11 nitrogen and oxygen atoms in total. The van der Waals surface area contributed by atoms with Crippen LogP contribution < -0.4 is 10.1 Å². The number of phenols is 2. The van der Waals surface area contributed by atoms with Crippen LogP contribution in [0.25, 0.3) is 0 Å². The molecule has 1 amide bonds. The Hall–Kier alpha value is -4.12. The van der Waals surface area contributed by atoms with Gasteiger partial charge in [0, 0.05) is 36.9 Å². The Bertz CT molecular complexity index is 1020. The van der Waals surface area contributed by atoms with Crippen LogP contribution in [0.4, 0.5) is 5.69 Å². The van der Waals surface area contributed by atoms with E-state index in [-0.39, 0.29) is 59.7 Å². The van der Waals surface area contributed by atoms with Crippen molar-refractivity contribution in [2.24, 2.45) is 0 Å². The second-order valence-electron chi connectivity index (χ2n) is 5.99. The fraction of sp³-hybridized carbons (Fsp3) is 0.158. The fourth-order valence-corrected chi connectivity index (χ4v) is 2.45. The van der Waals surface area contributed by atoms with Crippen LogP contribution in [0.5, 0.6) is 23.0 Å². The zero-order valence-electron chi connectivity index (χ0n) is 15.5. The molecule has 3 aromatic rings. The molecule has 30 heavy (non-hydrogen) atoms. The Kier molecular flexibility index (Phi) is 6.45. The average Bonchev–Trinajstić information content (AvgIpc) is 3.24. The first-order valence-corrected chi connectivity index (χ1v) is 8.67. The predicted molar refractivity (Wildman–Crippen MR) is 101 cm³/mol. The molecule has 1 aromatic heterocycles. The predicted octanol–water partition coefficient (Wildman–Crippen LogP) is 2.73. The number of non-ortho nitro benzene ring substituents is 1. The molecule has 0 bridgehead atoms. The zero-order valence-corrected chi connectivity index (χ0v) is 15.5. The smallest absolute Gasteiger partial charge is 0.273 e. The van der Waals surface area contributed by atoms with Gasteiger partial charge in [0.2, 0.25) is 0 Å². The first kappa shape index (κ1) is 20.6. The Balaban J connectivity index is 1.60. The summed E-state index contributed by atoms with van der Waals surface area (Å²) in [5.74, 6) is -0.506. The van der Waals surface area contributed by atoms with Crippen LogP contribution in [0, 0.1) is 10.1 Å². The molecule has 0 fully saturated rings. The van der Waals surface area contributed by atoms with Gasteiger partial charge in [-0.15, -0.1) is 0 Å². The summed E-state index contributed by atoms with van der Waals surface area (Å²) in [6, 6.07) is 9.16. The van der Waals surface area contributed by atoms with Crippen LogP contribution in [-0.2, 0) is 11.3 Å². The standard InChI is InChI=1S/C19H17N3O8/c23-13-9-17(24)15(11-28-8-6-20-19(25)16-5-7-29-21-16)18(10-13)30-14-3-1-12(2-4-14)22(26)27/h1-5,7,9-10,23-24H,6,8,11H2,(H,20,25). The maximum absolute atomic E-state index is 11.7. The van der Waals surface area contributed by atoms with Crippen molar-refractivity contribution < 1.29 is 33.9 Å². The number of amides is 1. The monoisotopic (exact) mass is 415 g/mol. The van der Waals surface area contributed by atoms with Gasteiger partial charge in [-0.3, -0.25) is 14.9 Å². The van der Waals surface area contributed by atoms with Crippen LogP contribution >= 0.6 is 0 Å². The maximum Gasteiger partial charge on any atom is 0.273 e. The number of nitrogens with zero attached hydrogens (tertiary/aromatic N) is 2. The van der Waals surface area contributed by atoms with Gasteiger partial charge in [0.05, 0.1) is 23.7 Å². The van der Waals surface area contributed by atoms with E-state index in [2.05, 4.69) is 15.0 Å². The number of hydrogen-bond donors (Lipinski definition) is 3. The van der Waals surface area contributed by atoms with Gasteiger partial charge in [-0.2, -0.15) is 0 Å². The minimum atomic E-state index is -0.537. The lowest BCUT2D eigenvalue weighted by Gasteiger charge is -2.14. The van der Waals surface area contributed by atoms with E-state index in [9.17, 15) is 25.1 Å². The van der Waals surface area contributed by atoms with E-state index in [1.54, 1.807) is 0 Å². The molecular formula is C19H17N3O8. The number of phenolic OH excluding ortho intramolecular Hbond substituents is 2. The highest BCUT2D eigenvalue weighted by atomic mass is 16.6. The van der Waals surface area contributed by atoms with Gasteiger partial charge in [-0.1, -0.05) is 5.16 Å². The van der Waals surface area contributed by atoms with Crippen LogP contribution in [0.1, 0.15) is 16.1 Å². The number of carbonyl (C=O) groups is 1. The van der Waals surface area contributed by atoms with E-state index in [1.807, 2.05) is 0 Å². The summed E-state index contributed by atoms with van der Waals surface area (Å²) in [5.41, 5.74) is 0.302. The van der Waals surface area contributed by atoms with E-state index in [0.29, 0.717) is 0 Å². The van der Waals surface area contributed by atoms with Crippen molar-refractivity contribution in [1.29, 1.82) is 0 Å². The molecule has 0 atom stereocenters. The summed E-state index contributed by atoms with van der Waals surface area (Å²) < 4.78 is 15.7. The van der Waals surface area contributed by atoms with Crippen molar-refractivity contribution in [3.63, 3.8) is 0 Å². The normalized spacial score (nSPS) is 10.5. The topological polar surface area (TPSA) is 157 Å². The van der Waals surface area contributed by atoms with Gasteiger partial charge in [0.25, 0.3) is 11.6 Å². The summed E-state index contributed by atoms with van der Waals surface area (Å²) in [6.07, 6.45) is 1.28. The molecule has 0 saturated heterocycles. The molecule has 0 spiro atoms. The summed E-state index contributed by atoms with van der Waals surface area (Å²) >= 11 is 0. The van der Waals surface area contributed by atoms with E-state index in [4.69, 9.17) is 9.47 Å². The minimum absolute atomic E-state index is 0.0751. The Morgan fingerprint density at radius 3 is 2.63 bits per heavy atom. The lowest BCUT2D eigenvalue weighted by molar-refractivity contribution is -0.384. The maximum atomic E-state index is 11.7. The molecule has 0 aliphatic heterocycles. The van der Waals surface area contributed by atoms with E-state index >= 15 is 0 Å². The second kappa shape index (κ2) is 9.39. The van der Waals surface area contributed by atoms with Crippen LogP contribution in [-0.4, -0.2) is 39.4 Å². The molecule has 1 heterocycles. The van der Waals surface area contributed by atoms with Gasteiger partial charge < -0.3 is 29.5 Å². The van der Waals surface area contributed by atoms with Crippen molar-refractivity contribution in [1.82, 2.24) is 10.5 Å². The third-order valence-corrected chi connectivity index (χ3v) is 3.89. The molecule has 2 aromatic carbocycles. The van der Waals surface area contributed by atoms with E-state index in [1.165, 1.54) is 42.7 Å². The lowest BCUT2D eigenvalue weighted by Crippen LogP contribution is -2.27. The van der Waals surface area contributed by atoms with Crippen molar-refractivity contribution in [3.8, 4) is 23.0 Å². The molecule has 3 rings (SSSR count). The number of rotatable bonds is 9. The van der Waals surface area contributed by atoms with Crippen molar-refractivity contribution in [2.45, 2.75) is 6.61 Å². The highest BCUT2D eigenvalue weighted by molar-refractivity contribution is 5.91. The van der Waals surface area contributed by atoms with E-state index < -0.39 is 10.8 Å². The van der Waals surface area contributed by atoms with Crippen molar-refractivity contribution in [3.05, 3.63) is 70.1 Å². The molecule has 3 N–H and O–H groups in total. The van der Waals surface area contributed by atoms with Crippen LogP contribution in [0.2, 0.25) is 0 Å². The number of nitrogens with one attached hydrogen (secondary N) is 1. The molecule has 156 valence electrons. The Labute approximate surface area is 169 Å². The molecule has 0 unspecified atom stereocenters. The number of ether oxygens (including phenoxy) is 2. The molecular weight excluding hydrogens is 398 g/mol. The zero-order chi connectivity index (χ0) is 21.5. The Morgan fingerprint density at radius 2 is 1.97 bits per heavy atom. The largest absolute Gasteiger partial charge is 0.508 e. The molecule has 11 heteroatoms. The van der Waals surface area contributed by atoms with Gasteiger partial charge >= 0.3 is 0 Å². The SMILES string of the molecule is O=C(NCCOCc1c(O)cc(O)cc1Oc1ccc([N+](=O)[O-])cc1)c1ccon1. The first-order chi connectivity index (χ1) is 14.4. The number of benzene rings is 2. The minimum Gasteiger partial charge on any atom is -0.508 e. The number of aromatic nitrogens is 1. The van der Waals surface area contributed by atoms with Crippen molar-refractivity contribution in [2.75, 3.05) is 13.2 Å². The second-order valence-corrected chi connectivity index (χ2v) is 5.99. The first-order valence-electron chi connectivity index (χ1n) is 8.67. The van der Waals surface area contributed by atoms with Crippen LogP contribution in [0.3, 0.4) is 0 Å². The van der Waals surface area contributed by atoms with Gasteiger partial charge in [0.1, 0.15) is 29.3 Å². The summed E-state index contributed by atoms with van der Waals surface area (Å²) in [6.45, 7) is 0.234. The van der Waals surface area contributed by atoms with Gasteiger partial charge in [0.15, 0.2) is 5.69 Å². The highest BCUT2D eigenvalue weighted by Gasteiger charge is 2.14. The number of nitro benzene ring substituents is 1. The van der Waals surface area contributed by atoms with Gasteiger partial charge in [-0.25, -0.2) is 0 Å². The summed E-state index contributed by atoms with van der Waals surface area (Å²) in [4.78, 5) is 21.9. The molecule has 0 radical (unpaired) electrons. The lowest BCUT2D eigenvalue weighted by atomic mass is 10.1. The third kappa shape index (κ3) is 5.23. The molecule has 0 aliphatic rings. The molecule has 0 aliphatic carbocycles. The highest BCUT2D eigenvalue weighted by Crippen LogP contribution is 2.36. The number of nitro groups is 1. The number of aromatic hydroxyl groups is 2.